The minimum Gasteiger partial charge on any atom is -0.345 e. The molecule has 1 heterocycles. The number of amides is 1. The molecule has 3 nitrogen and oxygen atoms in total. The number of nitrogens with one attached hydrogen (secondary N) is 1. The minimum atomic E-state index is -0.263. The van der Waals surface area contributed by atoms with Crippen molar-refractivity contribution in [2.75, 3.05) is 6.54 Å². The second-order valence-corrected chi connectivity index (χ2v) is 5.85. The molecular weight excluding hydrogens is 244 g/mol. The number of aryl methyl sites for hydroxylation is 2. The van der Waals surface area contributed by atoms with Crippen LogP contribution in [0.25, 0.3) is 0 Å². The lowest BCUT2D eigenvalue weighted by molar-refractivity contribution is 0.0899. The molecule has 0 unspecified atom stereocenters. The van der Waals surface area contributed by atoms with Crippen molar-refractivity contribution >= 4 is 17.2 Å². The zero-order chi connectivity index (χ0) is 13.8. The van der Waals surface area contributed by atoms with Crippen LogP contribution in [0.4, 0.5) is 0 Å². The number of hydrogen-bond acceptors (Lipinski definition) is 3. The molecule has 0 aliphatic carbocycles. The van der Waals surface area contributed by atoms with E-state index in [1.54, 1.807) is 11.3 Å². The Morgan fingerprint density at radius 1 is 1.39 bits per heavy atom. The minimum absolute atomic E-state index is 0.0111. The number of nitrogens with two attached hydrogens (primary N) is 1. The van der Waals surface area contributed by atoms with E-state index < -0.39 is 0 Å². The maximum Gasteiger partial charge on any atom is 0.261 e. The van der Waals surface area contributed by atoms with Gasteiger partial charge in [-0.15, -0.1) is 11.3 Å². The SMILES string of the molecule is CCc1sc(C(=O)NC(CC)(CC)CN)cc1C. The first-order valence-corrected chi connectivity index (χ1v) is 7.45. The van der Waals surface area contributed by atoms with Crippen molar-refractivity contribution in [2.45, 2.75) is 52.5 Å². The van der Waals surface area contributed by atoms with Crippen LogP contribution in [0, 0.1) is 6.92 Å². The van der Waals surface area contributed by atoms with Gasteiger partial charge in [-0.3, -0.25) is 4.79 Å². The Balaban J connectivity index is 2.87. The third-order valence-electron chi connectivity index (χ3n) is 3.69. The number of carbonyl (C=O) groups excluding carboxylic acids is 1. The molecule has 0 spiro atoms. The van der Waals surface area contributed by atoms with Gasteiger partial charge in [0, 0.05) is 11.4 Å². The van der Waals surface area contributed by atoms with Crippen molar-refractivity contribution in [1.82, 2.24) is 5.32 Å². The van der Waals surface area contributed by atoms with Gasteiger partial charge in [0.2, 0.25) is 0 Å². The fourth-order valence-corrected chi connectivity index (χ4v) is 3.06. The van der Waals surface area contributed by atoms with Gasteiger partial charge in [0.05, 0.1) is 10.4 Å². The monoisotopic (exact) mass is 268 g/mol. The first kappa shape index (κ1) is 15.2. The third-order valence-corrected chi connectivity index (χ3v) is 5.07. The second kappa shape index (κ2) is 6.34. The highest BCUT2D eigenvalue weighted by Gasteiger charge is 2.27. The molecule has 102 valence electrons. The predicted molar refractivity (Wildman–Crippen MR) is 78.3 cm³/mol. The Labute approximate surface area is 114 Å². The van der Waals surface area contributed by atoms with Gasteiger partial charge in [0.1, 0.15) is 0 Å². The van der Waals surface area contributed by atoms with Gasteiger partial charge in [0.25, 0.3) is 5.91 Å². The van der Waals surface area contributed by atoms with Crippen LogP contribution < -0.4 is 11.1 Å². The molecular formula is C14H24N2OS. The molecule has 1 aromatic heterocycles. The molecule has 0 fully saturated rings. The number of thiophene rings is 1. The molecule has 1 amide bonds. The molecule has 0 bridgehead atoms. The van der Waals surface area contributed by atoms with Crippen molar-refractivity contribution in [2.24, 2.45) is 5.73 Å². The summed E-state index contributed by atoms with van der Waals surface area (Å²) in [5, 5.41) is 3.11. The topological polar surface area (TPSA) is 55.1 Å². The van der Waals surface area contributed by atoms with Crippen molar-refractivity contribution in [3.8, 4) is 0 Å². The third kappa shape index (κ3) is 3.12. The van der Waals surface area contributed by atoms with Crippen LogP contribution in [-0.4, -0.2) is 18.0 Å². The molecule has 1 rings (SSSR count). The second-order valence-electron chi connectivity index (χ2n) is 4.72. The summed E-state index contributed by atoms with van der Waals surface area (Å²) >= 11 is 1.59. The summed E-state index contributed by atoms with van der Waals surface area (Å²) in [6.45, 7) is 8.78. The number of rotatable bonds is 6. The Morgan fingerprint density at radius 2 is 2.00 bits per heavy atom. The largest absolute Gasteiger partial charge is 0.345 e. The molecule has 0 aromatic carbocycles. The van der Waals surface area contributed by atoms with E-state index in [-0.39, 0.29) is 11.4 Å². The Bertz CT molecular complexity index is 400. The summed E-state index contributed by atoms with van der Waals surface area (Å²) in [6.07, 6.45) is 2.70. The van der Waals surface area contributed by atoms with E-state index in [0.717, 1.165) is 24.1 Å². The normalized spacial score (nSPS) is 11.6. The smallest absolute Gasteiger partial charge is 0.261 e. The highest BCUT2D eigenvalue weighted by molar-refractivity contribution is 7.14. The number of carbonyl (C=O) groups is 1. The van der Waals surface area contributed by atoms with E-state index in [1.807, 2.05) is 6.07 Å². The fourth-order valence-electron chi connectivity index (χ4n) is 2.05. The first-order valence-electron chi connectivity index (χ1n) is 6.63. The van der Waals surface area contributed by atoms with E-state index in [1.165, 1.54) is 10.4 Å². The van der Waals surface area contributed by atoms with E-state index in [0.29, 0.717) is 6.54 Å². The average molecular weight is 268 g/mol. The van der Waals surface area contributed by atoms with E-state index in [2.05, 4.69) is 33.0 Å². The van der Waals surface area contributed by atoms with Crippen LogP contribution in [0.15, 0.2) is 6.07 Å². The molecule has 4 heteroatoms. The highest BCUT2D eigenvalue weighted by atomic mass is 32.1. The van der Waals surface area contributed by atoms with Gasteiger partial charge in [-0.2, -0.15) is 0 Å². The number of hydrogen-bond donors (Lipinski definition) is 2. The first-order chi connectivity index (χ1) is 8.51. The molecule has 0 radical (unpaired) electrons. The maximum atomic E-state index is 12.3. The quantitative estimate of drug-likeness (QED) is 0.833. The van der Waals surface area contributed by atoms with Crippen LogP contribution in [0.3, 0.4) is 0 Å². The van der Waals surface area contributed by atoms with E-state index >= 15 is 0 Å². The predicted octanol–water partition coefficient (Wildman–Crippen LogP) is 2.87. The Hall–Kier alpha value is -0.870. The van der Waals surface area contributed by atoms with Crippen LogP contribution in [-0.2, 0) is 6.42 Å². The maximum absolute atomic E-state index is 12.3. The van der Waals surface area contributed by atoms with Crippen molar-refractivity contribution < 1.29 is 4.79 Å². The van der Waals surface area contributed by atoms with Gasteiger partial charge >= 0.3 is 0 Å². The van der Waals surface area contributed by atoms with Crippen LogP contribution in [0.1, 0.15) is 53.7 Å². The van der Waals surface area contributed by atoms with Gasteiger partial charge < -0.3 is 11.1 Å². The van der Waals surface area contributed by atoms with Gasteiger partial charge in [-0.1, -0.05) is 20.8 Å². The zero-order valence-corrected chi connectivity index (χ0v) is 12.6. The lowest BCUT2D eigenvalue weighted by Gasteiger charge is -2.31. The molecule has 0 aliphatic heterocycles. The fraction of sp³-hybridized carbons (Fsp3) is 0.643. The van der Waals surface area contributed by atoms with Crippen molar-refractivity contribution in [3.05, 3.63) is 21.4 Å². The molecule has 3 N–H and O–H groups in total. The lowest BCUT2D eigenvalue weighted by atomic mass is 9.93. The van der Waals surface area contributed by atoms with E-state index in [9.17, 15) is 4.79 Å². The summed E-state index contributed by atoms with van der Waals surface area (Å²) in [4.78, 5) is 14.3. The molecule has 0 aliphatic rings. The van der Waals surface area contributed by atoms with Gasteiger partial charge in [-0.25, -0.2) is 0 Å². The summed E-state index contributed by atoms with van der Waals surface area (Å²) in [5.74, 6) is 0.0111. The van der Waals surface area contributed by atoms with Crippen molar-refractivity contribution in [1.29, 1.82) is 0 Å². The molecule has 0 saturated carbocycles. The molecule has 1 aromatic rings. The lowest BCUT2D eigenvalue weighted by Crippen LogP contribution is -2.52. The highest BCUT2D eigenvalue weighted by Crippen LogP contribution is 2.23. The van der Waals surface area contributed by atoms with Gasteiger partial charge in [0.15, 0.2) is 0 Å². The molecule has 18 heavy (non-hydrogen) atoms. The Morgan fingerprint density at radius 3 is 2.39 bits per heavy atom. The summed E-state index contributed by atoms with van der Waals surface area (Å²) in [6, 6.07) is 1.98. The van der Waals surface area contributed by atoms with Crippen LogP contribution >= 0.6 is 11.3 Å². The molecule has 0 atom stereocenters. The average Bonchev–Trinajstić information content (AvgIpc) is 2.77. The molecule has 0 saturated heterocycles. The Kier molecular flexibility index (Phi) is 5.35. The van der Waals surface area contributed by atoms with Crippen LogP contribution in [0.5, 0.6) is 0 Å². The van der Waals surface area contributed by atoms with Gasteiger partial charge in [-0.05, 0) is 37.8 Å². The summed E-state index contributed by atoms with van der Waals surface area (Å²) in [5.41, 5.74) is 6.75. The standard InChI is InChI=1S/C14H24N2OS/c1-5-11-10(4)8-12(18-11)13(17)16-14(6-2,7-3)9-15/h8H,5-7,9,15H2,1-4H3,(H,16,17). The van der Waals surface area contributed by atoms with Crippen molar-refractivity contribution in [3.63, 3.8) is 0 Å². The van der Waals surface area contributed by atoms with Crippen LogP contribution in [0.2, 0.25) is 0 Å². The summed E-state index contributed by atoms with van der Waals surface area (Å²) < 4.78 is 0. The zero-order valence-electron chi connectivity index (χ0n) is 11.8. The summed E-state index contributed by atoms with van der Waals surface area (Å²) in [7, 11) is 0. The van der Waals surface area contributed by atoms with E-state index in [4.69, 9.17) is 5.73 Å².